The topological polar surface area (TPSA) is 43.1 Å². The minimum absolute atomic E-state index is 0.101. The standard InChI is InChI=1S/C10H7ClFNO2/c1-7-8(3-2-4-11)5-9(12)6-10(7)13(14)15/h5-6H,4H2,1H3. The van der Waals surface area contributed by atoms with Crippen LogP contribution in [-0.2, 0) is 0 Å². The van der Waals surface area contributed by atoms with Gasteiger partial charge in [-0.1, -0.05) is 11.8 Å². The molecule has 1 aromatic carbocycles. The summed E-state index contributed by atoms with van der Waals surface area (Å²) in [6.45, 7) is 1.52. The molecule has 0 aromatic heterocycles. The van der Waals surface area contributed by atoms with E-state index >= 15 is 0 Å². The van der Waals surface area contributed by atoms with E-state index in [1.54, 1.807) is 0 Å². The summed E-state index contributed by atoms with van der Waals surface area (Å²) in [7, 11) is 0. The quantitative estimate of drug-likeness (QED) is 0.320. The Morgan fingerprint density at radius 1 is 1.60 bits per heavy atom. The highest BCUT2D eigenvalue weighted by Gasteiger charge is 2.15. The van der Waals surface area contributed by atoms with Crippen LogP contribution in [0.3, 0.4) is 0 Å². The molecule has 0 spiro atoms. The molecule has 0 saturated carbocycles. The van der Waals surface area contributed by atoms with Crippen LogP contribution in [0.25, 0.3) is 0 Å². The maximum absolute atomic E-state index is 13.0. The van der Waals surface area contributed by atoms with Gasteiger partial charge in [-0.15, -0.1) is 11.6 Å². The molecule has 0 atom stereocenters. The van der Waals surface area contributed by atoms with Gasteiger partial charge in [-0.05, 0) is 13.0 Å². The van der Waals surface area contributed by atoms with Crippen molar-refractivity contribution in [2.45, 2.75) is 6.92 Å². The zero-order valence-corrected chi connectivity index (χ0v) is 8.64. The lowest BCUT2D eigenvalue weighted by molar-refractivity contribution is -0.385. The summed E-state index contributed by atoms with van der Waals surface area (Å²) in [5.41, 5.74) is 0.371. The molecule has 1 rings (SSSR count). The number of benzene rings is 1. The number of nitro groups is 1. The summed E-state index contributed by atoms with van der Waals surface area (Å²) < 4.78 is 13.0. The molecule has 0 amide bonds. The molecule has 0 heterocycles. The van der Waals surface area contributed by atoms with Gasteiger partial charge in [0.05, 0.1) is 16.9 Å². The monoisotopic (exact) mass is 227 g/mol. The second kappa shape index (κ2) is 4.76. The fourth-order valence-corrected chi connectivity index (χ4v) is 1.18. The third-order valence-corrected chi connectivity index (χ3v) is 1.97. The highest BCUT2D eigenvalue weighted by molar-refractivity contribution is 6.19. The zero-order valence-electron chi connectivity index (χ0n) is 7.88. The largest absolute Gasteiger partial charge is 0.276 e. The first kappa shape index (κ1) is 11.5. The molecule has 0 bridgehead atoms. The molecule has 5 heteroatoms. The lowest BCUT2D eigenvalue weighted by atomic mass is 10.1. The normalized spacial score (nSPS) is 9.27. The predicted molar refractivity (Wildman–Crippen MR) is 55.4 cm³/mol. The summed E-state index contributed by atoms with van der Waals surface area (Å²) in [5.74, 6) is 4.52. The minimum atomic E-state index is -0.675. The molecule has 0 aliphatic carbocycles. The van der Waals surface area contributed by atoms with E-state index in [0.717, 1.165) is 12.1 Å². The lowest BCUT2D eigenvalue weighted by Crippen LogP contribution is -1.96. The summed E-state index contributed by atoms with van der Waals surface area (Å²) in [5, 5.41) is 10.6. The van der Waals surface area contributed by atoms with Gasteiger partial charge in [0.25, 0.3) is 5.69 Å². The van der Waals surface area contributed by atoms with E-state index < -0.39 is 10.7 Å². The Hall–Kier alpha value is -1.60. The number of nitro benzene ring substituents is 1. The van der Waals surface area contributed by atoms with Crippen LogP contribution in [0.2, 0.25) is 0 Å². The number of rotatable bonds is 1. The Bertz CT molecular complexity index is 462. The van der Waals surface area contributed by atoms with Crippen LogP contribution in [0, 0.1) is 34.7 Å². The molecule has 0 saturated heterocycles. The fourth-order valence-electron chi connectivity index (χ4n) is 1.11. The molecule has 0 fully saturated rings. The van der Waals surface area contributed by atoms with Crippen molar-refractivity contribution in [3.05, 3.63) is 39.2 Å². The van der Waals surface area contributed by atoms with Gasteiger partial charge in [-0.25, -0.2) is 4.39 Å². The van der Waals surface area contributed by atoms with Crippen LogP contribution < -0.4 is 0 Å². The summed E-state index contributed by atoms with van der Waals surface area (Å²) in [4.78, 5) is 9.93. The zero-order chi connectivity index (χ0) is 11.4. The van der Waals surface area contributed by atoms with Crippen molar-refractivity contribution in [3.63, 3.8) is 0 Å². The Balaban J connectivity index is 3.34. The number of hydrogen-bond acceptors (Lipinski definition) is 2. The molecule has 0 aliphatic heterocycles. The molecular weight excluding hydrogens is 221 g/mol. The average Bonchev–Trinajstić information content (AvgIpc) is 2.18. The molecule has 78 valence electrons. The number of nitrogens with zero attached hydrogens (tertiary/aromatic N) is 1. The van der Waals surface area contributed by atoms with Crippen LogP contribution in [0.5, 0.6) is 0 Å². The third kappa shape index (κ3) is 2.67. The first-order valence-corrected chi connectivity index (χ1v) is 4.59. The average molecular weight is 228 g/mol. The van der Waals surface area contributed by atoms with E-state index in [4.69, 9.17) is 11.6 Å². The maximum atomic E-state index is 13.0. The molecule has 15 heavy (non-hydrogen) atoms. The molecular formula is C10H7ClFNO2. The smallest absolute Gasteiger partial charge is 0.258 e. The van der Waals surface area contributed by atoms with Gasteiger partial charge in [-0.2, -0.15) is 0 Å². The van der Waals surface area contributed by atoms with Gasteiger partial charge in [0.2, 0.25) is 0 Å². The van der Waals surface area contributed by atoms with Gasteiger partial charge in [0.15, 0.2) is 0 Å². The van der Waals surface area contributed by atoms with Gasteiger partial charge in [0, 0.05) is 11.1 Å². The highest BCUT2D eigenvalue weighted by Crippen LogP contribution is 2.22. The SMILES string of the molecule is Cc1c(C#CCCl)cc(F)cc1[N+](=O)[O-]. The van der Waals surface area contributed by atoms with Gasteiger partial charge >= 0.3 is 0 Å². The van der Waals surface area contributed by atoms with E-state index in [-0.39, 0.29) is 11.6 Å². The maximum Gasteiger partial charge on any atom is 0.276 e. The number of hydrogen-bond donors (Lipinski definition) is 0. The van der Waals surface area contributed by atoms with Gasteiger partial charge in [-0.3, -0.25) is 10.1 Å². The molecule has 0 N–H and O–H groups in total. The summed E-state index contributed by atoms with van der Waals surface area (Å²) in [6, 6.07) is 2.03. The van der Waals surface area contributed by atoms with Crippen molar-refractivity contribution in [3.8, 4) is 11.8 Å². The second-order valence-electron chi connectivity index (χ2n) is 2.79. The molecule has 1 aromatic rings. The van der Waals surface area contributed by atoms with E-state index in [2.05, 4.69) is 11.8 Å². The van der Waals surface area contributed by atoms with Crippen molar-refractivity contribution in [2.75, 3.05) is 5.88 Å². The fraction of sp³-hybridized carbons (Fsp3) is 0.200. The highest BCUT2D eigenvalue weighted by atomic mass is 35.5. The van der Waals surface area contributed by atoms with Crippen molar-refractivity contribution in [1.29, 1.82) is 0 Å². The van der Waals surface area contributed by atoms with Crippen molar-refractivity contribution in [1.82, 2.24) is 0 Å². The van der Waals surface area contributed by atoms with Crippen molar-refractivity contribution in [2.24, 2.45) is 0 Å². The predicted octanol–water partition coefficient (Wildman–Crippen LogP) is 2.63. The molecule has 0 aliphatic rings. The van der Waals surface area contributed by atoms with Crippen LogP contribution in [0.4, 0.5) is 10.1 Å². The van der Waals surface area contributed by atoms with Crippen LogP contribution >= 0.6 is 11.6 Å². The van der Waals surface area contributed by atoms with E-state index in [0.29, 0.717) is 11.1 Å². The Morgan fingerprint density at radius 3 is 2.80 bits per heavy atom. The first-order valence-electron chi connectivity index (χ1n) is 4.05. The second-order valence-corrected chi connectivity index (χ2v) is 3.06. The molecule has 0 radical (unpaired) electrons. The Morgan fingerprint density at radius 2 is 2.27 bits per heavy atom. The van der Waals surface area contributed by atoms with Crippen LogP contribution in [-0.4, -0.2) is 10.8 Å². The van der Waals surface area contributed by atoms with E-state index in [9.17, 15) is 14.5 Å². The summed E-state index contributed by atoms with van der Waals surface area (Å²) in [6.07, 6.45) is 0. The van der Waals surface area contributed by atoms with E-state index in [1.807, 2.05) is 0 Å². The van der Waals surface area contributed by atoms with Gasteiger partial charge < -0.3 is 0 Å². The lowest BCUT2D eigenvalue weighted by Gasteiger charge is -2.00. The van der Waals surface area contributed by atoms with Gasteiger partial charge in [0.1, 0.15) is 5.82 Å². The molecule has 3 nitrogen and oxygen atoms in total. The third-order valence-electron chi connectivity index (χ3n) is 1.83. The van der Waals surface area contributed by atoms with Crippen molar-refractivity contribution < 1.29 is 9.31 Å². The summed E-state index contributed by atoms with van der Waals surface area (Å²) >= 11 is 5.34. The van der Waals surface area contributed by atoms with Crippen LogP contribution in [0.15, 0.2) is 12.1 Å². The minimum Gasteiger partial charge on any atom is -0.258 e. The Labute approximate surface area is 91.0 Å². The van der Waals surface area contributed by atoms with Crippen molar-refractivity contribution >= 4 is 17.3 Å². The van der Waals surface area contributed by atoms with E-state index in [1.165, 1.54) is 6.92 Å². The van der Waals surface area contributed by atoms with Crippen LogP contribution in [0.1, 0.15) is 11.1 Å². The number of halogens is 2. The molecule has 0 unspecified atom stereocenters. The first-order chi connectivity index (χ1) is 7.06. The number of alkyl halides is 1. The Kier molecular flexibility index (Phi) is 3.64.